The normalized spacial score (nSPS) is 21.6. The molecule has 28 heavy (non-hydrogen) atoms. The Morgan fingerprint density at radius 1 is 1.04 bits per heavy atom. The first-order valence-electron chi connectivity index (χ1n) is 10.6. The molecule has 1 aromatic rings. The van der Waals surface area contributed by atoms with Crippen molar-refractivity contribution in [1.82, 2.24) is 9.80 Å². The van der Waals surface area contributed by atoms with Gasteiger partial charge in [-0.1, -0.05) is 13.0 Å². The number of hydrogen-bond acceptors (Lipinski definition) is 6. The number of likely N-dealkylation sites (tertiary alicyclic amines) is 2. The lowest BCUT2D eigenvalue weighted by molar-refractivity contribution is 0.0333. The molecular weight excluding hydrogens is 356 g/mol. The van der Waals surface area contributed by atoms with Crippen LogP contribution in [0.2, 0.25) is 0 Å². The average Bonchev–Trinajstić information content (AvgIpc) is 2.70. The van der Waals surface area contributed by atoms with Gasteiger partial charge in [0.25, 0.3) is 0 Å². The van der Waals surface area contributed by atoms with E-state index in [2.05, 4.69) is 22.8 Å². The van der Waals surface area contributed by atoms with Crippen molar-refractivity contribution in [2.24, 2.45) is 5.92 Å². The minimum absolute atomic E-state index is 0.194. The molecule has 0 saturated carbocycles. The lowest BCUT2D eigenvalue weighted by Crippen LogP contribution is -2.41. The van der Waals surface area contributed by atoms with Crippen LogP contribution in [0.3, 0.4) is 0 Å². The molecule has 3 rings (SSSR count). The van der Waals surface area contributed by atoms with Gasteiger partial charge < -0.3 is 24.6 Å². The topological polar surface area (TPSA) is 65.4 Å². The SMILES string of the molecule is COc1cc(CN2CCC(C)CC2)ccc1OC[C@@H](O)CN1CCC(O)CC1. The van der Waals surface area contributed by atoms with Crippen molar-refractivity contribution < 1.29 is 19.7 Å². The number of benzene rings is 1. The molecule has 0 aliphatic carbocycles. The standard InChI is InChI=1S/C22H36N2O4/c1-17-5-9-23(10-6-17)14-18-3-4-21(22(13-18)27-2)28-16-20(26)15-24-11-7-19(25)8-12-24/h3-4,13,17,19-20,25-26H,5-12,14-16H2,1-2H3/t20-/m0/s1. The fourth-order valence-electron chi connectivity index (χ4n) is 4.05. The second-order valence-corrected chi connectivity index (χ2v) is 8.44. The molecule has 1 aromatic carbocycles. The van der Waals surface area contributed by atoms with E-state index in [-0.39, 0.29) is 12.7 Å². The van der Waals surface area contributed by atoms with Gasteiger partial charge in [0.15, 0.2) is 11.5 Å². The van der Waals surface area contributed by atoms with Crippen LogP contribution in [0.1, 0.15) is 38.2 Å². The zero-order valence-electron chi connectivity index (χ0n) is 17.3. The molecule has 0 amide bonds. The highest BCUT2D eigenvalue weighted by atomic mass is 16.5. The van der Waals surface area contributed by atoms with Crippen LogP contribution in [0.15, 0.2) is 18.2 Å². The Morgan fingerprint density at radius 2 is 1.71 bits per heavy atom. The Kier molecular flexibility index (Phi) is 7.97. The van der Waals surface area contributed by atoms with Crippen LogP contribution in [0.25, 0.3) is 0 Å². The summed E-state index contributed by atoms with van der Waals surface area (Å²) in [4.78, 5) is 4.68. The quantitative estimate of drug-likeness (QED) is 0.707. The minimum atomic E-state index is -0.560. The minimum Gasteiger partial charge on any atom is -0.493 e. The number of β-amino-alcohol motifs (C(OH)–C–C–N with tert-alkyl or cyclic N) is 1. The third-order valence-corrected chi connectivity index (χ3v) is 5.97. The number of aliphatic hydroxyl groups excluding tert-OH is 2. The summed E-state index contributed by atoms with van der Waals surface area (Å²) in [5.74, 6) is 2.23. The van der Waals surface area contributed by atoms with Crippen LogP contribution in [-0.2, 0) is 6.54 Å². The number of methoxy groups -OCH3 is 1. The van der Waals surface area contributed by atoms with Gasteiger partial charge in [-0.05, 0) is 62.4 Å². The Hall–Kier alpha value is -1.34. The van der Waals surface area contributed by atoms with Gasteiger partial charge in [-0.3, -0.25) is 4.90 Å². The first kappa shape index (κ1) is 21.4. The maximum atomic E-state index is 10.3. The van der Waals surface area contributed by atoms with Gasteiger partial charge in [-0.2, -0.15) is 0 Å². The Morgan fingerprint density at radius 3 is 2.39 bits per heavy atom. The first-order valence-corrected chi connectivity index (χ1v) is 10.6. The van der Waals surface area contributed by atoms with Gasteiger partial charge in [0.1, 0.15) is 12.7 Å². The van der Waals surface area contributed by atoms with E-state index in [1.54, 1.807) is 7.11 Å². The molecule has 2 N–H and O–H groups in total. The summed E-state index contributed by atoms with van der Waals surface area (Å²) in [5.41, 5.74) is 1.23. The predicted octanol–water partition coefficient (Wildman–Crippen LogP) is 2.12. The number of aliphatic hydroxyl groups is 2. The number of ether oxygens (including phenoxy) is 2. The van der Waals surface area contributed by atoms with E-state index in [1.165, 1.54) is 18.4 Å². The molecule has 0 radical (unpaired) electrons. The van der Waals surface area contributed by atoms with Crippen molar-refractivity contribution >= 4 is 0 Å². The molecule has 0 unspecified atom stereocenters. The maximum absolute atomic E-state index is 10.3. The summed E-state index contributed by atoms with van der Waals surface area (Å²) < 4.78 is 11.4. The zero-order valence-corrected chi connectivity index (χ0v) is 17.3. The lowest BCUT2D eigenvalue weighted by Gasteiger charge is -2.31. The highest BCUT2D eigenvalue weighted by molar-refractivity contribution is 5.43. The van der Waals surface area contributed by atoms with Crippen molar-refractivity contribution in [3.8, 4) is 11.5 Å². The molecule has 158 valence electrons. The molecule has 2 aliphatic heterocycles. The summed E-state index contributed by atoms with van der Waals surface area (Å²) >= 11 is 0. The van der Waals surface area contributed by atoms with Crippen molar-refractivity contribution in [2.75, 3.05) is 46.4 Å². The van der Waals surface area contributed by atoms with Crippen LogP contribution in [0.5, 0.6) is 11.5 Å². The van der Waals surface area contributed by atoms with Crippen LogP contribution >= 0.6 is 0 Å². The van der Waals surface area contributed by atoms with Crippen LogP contribution < -0.4 is 9.47 Å². The molecule has 0 bridgehead atoms. The fraction of sp³-hybridized carbons (Fsp3) is 0.727. The van der Waals surface area contributed by atoms with Gasteiger partial charge in [0.05, 0.1) is 13.2 Å². The van der Waals surface area contributed by atoms with Gasteiger partial charge in [0, 0.05) is 26.2 Å². The number of nitrogens with zero attached hydrogens (tertiary/aromatic N) is 2. The van der Waals surface area contributed by atoms with Crippen molar-refractivity contribution in [3.05, 3.63) is 23.8 Å². The van der Waals surface area contributed by atoms with Gasteiger partial charge >= 0.3 is 0 Å². The first-order chi connectivity index (χ1) is 13.5. The second-order valence-electron chi connectivity index (χ2n) is 8.44. The molecule has 1 atom stereocenters. The summed E-state index contributed by atoms with van der Waals surface area (Å²) in [6, 6.07) is 6.09. The Labute approximate surface area is 169 Å². The Bertz CT molecular complexity index is 596. The average molecular weight is 393 g/mol. The van der Waals surface area contributed by atoms with Gasteiger partial charge in [-0.25, -0.2) is 0 Å². The summed E-state index contributed by atoms with van der Waals surface area (Å²) in [6.45, 7) is 8.03. The summed E-state index contributed by atoms with van der Waals surface area (Å²) in [6.07, 6.45) is 3.34. The molecule has 6 nitrogen and oxygen atoms in total. The number of piperidine rings is 2. The highest BCUT2D eigenvalue weighted by Gasteiger charge is 2.20. The predicted molar refractivity (Wildman–Crippen MR) is 110 cm³/mol. The summed E-state index contributed by atoms with van der Waals surface area (Å²) in [5, 5.41) is 19.9. The van der Waals surface area contributed by atoms with E-state index in [9.17, 15) is 10.2 Å². The van der Waals surface area contributed by atoms with Gasteiger partial charge in [-0.15, -0.1) is 0 Å². The highest BCUT2D eigenvalue weighted by Crippen LogP contribution is 2.29. The third-order valence-electron chi connectivity index (χ3n) is 5.97. The van der Waals surface area contributed by atoms with Crippen molar-refractivity contribution in [2.45, 2.75) is 51.4 Å². The molecule has 0 aromatic heterocycles. The van der Waals surface area contributed by atoms with Crippen LogP contribution in [-0.4, -0.2) is 78.7 Å². The third kappa shape index (κ3) is 6.34. The van der Waals surface area contributed by atoms with E-state index in [1.807, 2.05) is 12.1 Å². The molecule has 2 aliphatic rings. The van der Waals surface area contributed by atoms with Crippen molar-refractivity contribution in [1.29, 1.82) is 0 Å². The molecular formula is C22H36N2O4. The fourth-order valence-corrected chi connectivity index (χ4v) is 4.05. The molecule has 6 heteroatoms. The molecule has 2 heterocycles. The van der Waals surface area contributed by atoms with E-state index in [0.29, 0.717) is 12.3 Å². The largest absolute Gasteiger partial charge is 0.493 e. The number of rotatable bonds is 8. The smallest absolute Gasteiger partial charge is 0.161 e. The zero-order chi connectivity index (χ0) is 19.9. The monoisotopic (exact) mass is 392 g/mol. The van der Waals surface area contributed by atoms with E-state index in [4.69, 9.17) is 9.47 Å². The maximum Gasteiger partial charge on any atom is 0.161 e. The molecule has 2 fully saturated rings. The molecule has 2 saturated heterocycles. The van der Waals surface area contributed by atoms with E-state index in [0.717, 1.165) is 57.2 Å². The van der Waals surface area contributed by atoms with E-state index >= 15 is 0 Å². The van der Waals surface area contributed by atoms with Crippen molar-refractivity contribution in [3.63, 3.8) is 0 Å². The number of hydrogen-bond donors (Lipinski definition) is 2. The second kappa shape index (κ2) is 10.4. The lowest BCUT2D eigenvalue weighted by atomic mass is 9.99. The Balaban J connectivity index is 1.48. The van der Waals surface area contributed by atoms with E-state index < -0.39 is 6.10 Å². The summed E-state index contributed by atoms with van der Waals surface area (Å²) in [7, 11) is 1.66. The van der Waals surface area contributed by atoms with Gasteiger partial charge in [0.2, 0.25) is 0 Å². The van der Waals surface area contributed by atoms with Crippen LogP contribution in [0.4, 0.5) is 0 Å². The van der Waals surface area contributed by atoms with Crippen LogP contribution in [0, 0.1) is 5.92 Å². The molecule has 0 spiro atoms.